The predicted molar refractivity (Wildman–Crippen MR) is 208 cm³/mol. The van der Waals surface area contributed by atoms with Crippen molar-refractivity contribution in [1.29, 1.82) is 0 Å². The molecule has 5 heterocycles. The van der Waals surface area contributed by atoms with Gasteiger partial charge >= 0.3 is 11.8 Å². The Morgan fingerprint density at radius 2 is 1.34 bits per heavy atom. The van der Waals surface area contributed by atoms with Gasteiger partial charge in [-0.3, -0.25) is 0 Å². The minimum Gasteiger partial charge on any atom is -0.430 e. The summed E-state index contributed by atoms with van der Waals surface area (Å²) in [5.41, 5.74) is 8.23. The van der Waals surface area contributed by atoms with Crippen molar-refractivity contribution >= 4 is 81.1 Å². The topological polar surface area (TPSA) is 83.0 Å². The van der Waals surface area contributed by atoms with Crippen LogP contribution in [0.25, 0.3) is 49.8 Å². The quantitative estimate of drug-likeness (QED) is 0.151. The summed E-state index contributed by atoms with van der Waals surface area (Å²) in [6.45, 7) is 3.98. The van der Waals surface area contributed by atoms with Gasteiger partial charge in [-0.05, 0) is 60.6 Å². The van der Waals surface area contributed by atoms with Gasteiger partial charge in [0.1, 0.15) is 17.5 Å². The van der Waals surface area contributed by atoms with Crippen molar-refractivity contribution in [3.05, 3.63) is 151 Å². The molecule has 11 heteroatoms. The van der Waals surface area contributed by atoms with Gasteiger partial charge < -0.3 is 17.6 Å². The number of nitrogens with zero attached hydrogens (tertiary/aromatic N) is 7. The summed E-state index contributed by atoms with van der Waals surface area (Å²) in [7, 11) is 0.508. The maximum Gasteiger partial charge on any atom is 0.321 e. The number of para-hydroxylation sites is 2. The Balaban J connectivity index is 0.00000372. The molecule has 0 N–H and O–H groups in total. The average molecular weight is 798 g/mol. The monoisotopic (exact) mass is 797 g/mol. The minimum absolute atomic E-state index is 0. The Hall–Kier alpha value is -6.03. The van der Waals surface area contributed by atoms with Crippen LogP contribution in [-0.2, 0) is 26.5 Å². The third-order valence-corrected chi connectivity index (χ3v) is 12.4. The Bertz CT molecular complexity index is 2870. The maximum atomic E-state index is 6.41. The van der Waals surface area contributed by atoms with Crippen molar-refractivity contribution in [3.63, 3.8) is 0 Å². The van der Waals surface area contributed by atoms with Gasteiger partial charge in [-0.2, -0.15) is 10.1 Å². The van der Waals surface area contributed by atoms with E-state index in [0.717, 1.165) is 44.7 Å². The Kier molecular flexibility index (Phi) is 7.98. The average Bonchev–Trinajstić information content (AvgIpc) is 3.99. The van der Waals surface area contributed by atoms with Crippen LogP contribution in [0.3, 0.4) is 0 Å². The molecule has 10 rings (SSSR count). The molecule has 260 valence electrons. The number of furan rings is 1. The van der Waals surface area contributed by atoms with Crippen molar-refractivity contribution in [2.75, 3.05) is 4.90 Å². The first-order valence-corrected chi connectivity index (χ1v) is 18.6. The summed E-state index contributed by atoms with van der Waals surface area (Å²) < 4.78 is 18.9. The molecule has 0 atom stereocenters. The van der Waals surface area contributed by atoms with E-state index in [0.29, 0.717) is 23.3 Å². The van der Waals surface area contributed by atoms with Crippen LogP contribution in [0.2, 0.25) is 0 Å². The molecule has 0 aliphatic carbocycles. The molecule has 53 heavy (non-hydrogen) atoms. The van der Waals surface area contributed by atoms with E-state index in [1.807, 2.05) is 66.9 Å². The number of rotatable bonds is 7. The van der Waals surface area contributed by atoms with Gasteiger partial charge in [0.2, 0.25) is 14.9 Å². The van der Waals surface area contributed by atoms with Crippen molar-refractivity contribution < 1.29 is 28.3 Å². The van der Waals surface area contributed by atoms with E-state index in [1.54, 1.807) is 6.26 Å². The SMILES string of the molecule is Cc1cc(C)n(-c2coc3oc(N(c4ccccc4)c4nc5c(ccc6c7ccccc7n([Si](c7ccccc7)c7ccccc7)c65)n4C)nc23)n1.[Rh]. The van der Waals surface area contributed by atoms with Gasteiger partial charge in [0, 0.05) is 48.5 Å². The molecule has 0 amide bonds. The molecule has 0 saturated heterocycles. The first-order chi connectivity index (χ1) is 25.5. The number of aromatic nitrogens is 6. The van der Waals surface area contributed by atoms with E-state index in [4.69, 9.17) is 18.8 Å². The van der Waals surface area contributed by atoms with Crippen molar-refractivity contribution in [1.82, 2.24) is 28.5 Å². The second-order valence-corrected chi connectivity index (χ2v) is 15.3. The summed E-state index contributed by atoms with van der Waals surface area (Å²) in [4.78, 5) is 12.5. The van der Waals surface area contributed by atoms with Gasteiger partial charge in [-0.25, -0.2) is 14.6 Å². The molecule has 0 fully saturated rings. The molecular formula is C42H32N7O2RhSi. The van der Waals surface area contributed by atoms with Crippen LogP contribution >= 0.6 is 0 Å². The number of imidazole rings is 1. The normalized spacial score (nSPS) is 11.7. The molecule has 2 radical (unpaired) electrons. The molecule has 0 aliphatic rings. The second kappa shape index (κ2) is 12.9. The summed E-state index contributed by atoms with van der Waals surface area (Å²) >= 11 is 0. The van der Waals surface area contributed by atoms with Crippen molar-refractivity contribution in [3.8, 4) is 5.69 Å². The number of benzene rings is 5. The summed E-state index contributed by atoms with van der Waals surface area (Å²) in [5, 5.41) is 9.62. The standard InChI is InChI=1S/C42H32N7O2Si.Rh/c1-27-25-28(2)48(45-27)36-26-50-40-38(36)44-42(51-40)47(29-15-7-4-8-16-29)41-43-37-35(46(41)3)24-23-33-32-21-13-14-22-34(32)49(39(33)37)52(30-17-9-5-10-18-30)31-19-11-6-12-20-31;/h4-26H,1-3H3;. The van der Waals surface area contributed by atoms with E-state index in [2.05, 4.69) is 111 Å². The van der Waals surface area contributed by atoms with Crippen molar-refractivity contribution in [2.45, 2.75) is 13.8 Å². The molecule has 0 bridgehead atoms. The molecular weight excluding hydrogens is 766 g/mol. The minimum atomic E-state index is -1.54. The van der Waals surface area contributed by atoms with Crippen LogP contribution in [0.15, 0.2) is 149 Å². The van der Waals surface area contributed by atoms with Gasteiger partial charge in [0.15, 0.2) is 5.52 Å². The zero-order valence-corrected chi connectivity index (χ0v) is 31.7. The number of oxazole rings is 1. The fourth-order valence-corrected chi connectivity index (χ4v) is 10.2. The molecule has 0 saturated carbocycles. The Morgan fingerprint density at radius 3 is 2.02 bits per heavy atom. The fourth-order valence-electron chi connectivity index (χ4n) is 7.45. The largest absolute Gasteiger partial charge is 0.430 e. The molecule has 0 unspecified atom stereocenters. The number of hydrogen-bond donors (Lipinski definition) is 0. The maximum absolute atomic E-state index is 6.41. The molecule has 0 aliphatic heterocycles. The summed E-state index contributed by atoms with van der Waals surface area (Å²) in [6, 6.07) is 47.3. The Morgan fingerprint density at radius 1 is 0.679 bits per heavy atom. The fraction of sp³-hybridized carbons (Fsp3) is 0.0714. The molecule has 5 aromatic carbocycles. The third kappa shape index (κ3) is 5.18. The van der Waals surface area contributed by atoms with Crippen LogP contribution in [-0.4, -0.2) is 37.5 Å². The number of hydrogen-bond acceptors (Lipinski definition) is 6. The van der Waals surface area contributed by atoms with Gasteiger partial charge in [0.25, 0.3) is 0 Å². The van der Waals surface area contributed by atoms with Crippen LogP contribution in [0, 0.1) is 13.8 Å². The second-order valence-electron chi connectivity index (χ2n) is 13.0. The van der Waals surface area contributed by atoms with E-state index >= 15 is 0 Å². The van der Waals surface area contributed by atoms with E-state index < -0.39 is 8.96 Å². The summed E-state index contributed by atoms with van der Waals surface area (Å²) in [6.07, 6.45) is 1.64. The van der Waals surface area contributed by atoms with Crippen LogP contribution in [0.5, 0.6) is 0 Å². The summed E-state index contributed by atoms with van der Waals surface area (Å²) in [5.74, 6) is 0.980. The first kappa shape index (κ1) is 32.8. The first-order valence-electron chi connectivity index (χ1n) is 17.2. The van der Waals surface area contributed by atoms with E-state index in [9.17, 15) is 0 Å². The molecule has 10 aromatic rings. The zero-order valence-electron chi connectivity index (χ0n) is 29.1. The van der Waals surface area contributed by atoms with Crippen molar-refractivity contribution in [2.24, 2.45) is 7.05 Å². The van der Waals surface area contributed by atoms with Crippen LogP contribution < -0.4 is 15.3 Å². The number of anilines is 3. The third-order valence-electron chi connectivity index (χ3n) is 9.73. The van der Waals surface area contributed by atoms with Crippen LogP contribution in [0.4, 0.5) is 17.7 Å². The van der Waals surface area contributed by atoms with Gasteiger partial charge in [-0.15, -0.1) is 0 Å². The van der Waals surface area contributed by atoms with Gasteiger partial charge in [-0.1, -0.05) is 97.1 Å². The zero-order chi connectivity index (χ0) is 34.9. The van der Waals surface area contributed by atoms with Gasteiger partial charge in [0.05, 0.1) is 22.4 Å². The molecule has 9 nitrogen and oxygen atoms in total. The molecule has 0 spiro atoms. The smallest absolute Gasteiger partial charge is 0.321 e. The molecule has 5 aromatic heterocycles. The Labute approximate surface area is 319 Å². The van der Waals surface area contributed by atoms with E-state index in [-0.39, 0.29) is 19.5 Å². The van der Waals surface area contributed by atoms with Crippen LogP contribution in [0.1, 0.15) is 11.4 Å². The number of aryl methyl sites for hydroxylation is 3. The van der Waals surface area contributed by atoms with E-state index in [1.165, 1.54) is 21.3 Å². The number of fused-ring (bicyclic) bond motifs is 6. The predicted octanol–water partition coefficient (Wildman–Crippen LogP) is 8.34.